The minimum absolute atomic E-state index is 0.0271. The molecule has 3 aromatic rings. The van der Waals surface area contributed by atoms with Gasteiger partial charge in [-0.1, -0.05) is 61.7 Å². The molecule has 5 rings (SSSR count). The molecule has 6 atom stereocenters. The molecule has 13 heteroatoms. The third-order valence-electron chi connectivity index (χ3n) is 11.2. The highest BCUT2D eigenvalue weighted by Crippen LogP contribution is 2.39. The maximum absolute atomic E-state index is 14.4. The molecule has 1 aliphatic carbocycles. The summed E-state index contributed by atoms with van der Waals surface area (Å²) in [6.07, 6.45) is 6.38. The average molecular weight is 764 g/mol. The molecule has 2 heterocycles. The first-order valence-corrected chi connectivity index (χ1v) is 20.9. The van der Waals surface area contributed by atoms with Gasteiger partial charge >= 0.3 is 0 Å². The second-order valence-electron chi connectivity index (χ2n) is 16.8. The van der Waals surface area contributed by atoms with Crippen LogP contribution >= 0.6 is 0 Å². The molecule has 2 fully saturated rings. The highest BCUT2D eigenvalue weighted by Gasteiger charge is 2.46. The van der Waals surface area contributed by atoms with Crippen molar-refractivity contribution < 1.29 is 33.0 Å². The first-order chi connectivity index (χ1) is 25.3. The third kappa shape index (κ3) is 9.96. The zero-order chi connectivity index (χ0) is 39.4. The quantitative estimate of drug-likeness (QED) is 0.174. The van der Waals surface area contributed by atoms with E-state index in [4.69, 9.17) is 0 Å². The van der Waals surface area contributed by atoms with E-state index in [-0.39, 0.29) is 31.0 Å². The zero-order valence-electron chi connectivity index (χ0n) is 32.3. The molecule has 1 saturated carbocycles. The Balaban J connectivity index is 1.42. The van der Waals surface area contributed by atoms with E-state index in [1.165, 1.54) is 26.1 Å². The second-order valence-corrected chi connectivity index (χ2v) is 19.4. The van der Waals surface area contributed by atoms with E-state index in [1.807, 2.05) is 51.1 Å². The van der Waals surface area contributed by atoms with E-state index in [0.29, 0.717) is 41.3 Å². The van der Waals surface area contributed by atoms with E-state index < -0.39 is 56.2 Å². The number of aromatic hydroxyl groups is 1. The van der Waals surface area contributed by atoms with Crippen LogP contribution in [-0.2, 0) is 37.1 Å². The number of rotatable bonds is 13. The molecule has 12 nitrogen and oxygen atoms in total. The number of phenolic OH excluding ortho intramolecular Hbond substituents is 1. The maximum Gasteiger partial charge on any atom is 0.244 e. The lowest BCUT2D eigenvalue weighted by Gasteiger charge is -2.47. The van der Waals surface area contributed by atoms with Crippen molar-refractivity contribution in [2.45, 2.75) is 114 Å². The number of fused-ring (bicyclic) bond motifs is 2. The Bertz CT molecular complexity index is 1910. The van der Waals surface area contributed by atoms with Crippen molar-refractivity contribution >= 4 is 38.3 Å². The van der Waals surface area contributed by atoms with Crippen molar-refractivity contribution in [2.75, 3.05) is 19.3 Å². The van der Waals surface area contributed by atoms with Crippen LogP contribution in [0.15, 0.2) is 60.8 Å². The molecule has 1 aromatic heterocycles. The summed E-state index contributed by atoms with van der Waals surface area (Å²) in [4.78, 5) is 48.1. The summed E-state index contributed by atoms with van der Waals surface area (Å²) in [7, 11) is -3.93. The molecule has 294 valence electrons. The van der Waals surface area contributed by atoms with Crippen LogP contribution in [0.3, 0.4) is 0 Å². The van der Waals surface area contributed by atoms with Crippen LogP contribution < -0.4 is 16.0 Å². The Morgan fingerprint density at radius 1 is 0.926 bits per heavy atom. The van der Waals surface area contributed by atoms with Crippen molar-refractivity contribution in [1.29, 1.82) is 0 Å². The Morgan fingerprint density at radius 3 is 2.28 bits per heavy atom. The fourth-order valence-corrected chi connectivity index (χ4v) is 8.53. The molecule has 1 saturated heterocycles. The number of benzene rings is 2. The van der Waals surface area contributed by atoms with Crippen LogP contribution in [0.5, 0.6) is 5.75 Å². The predicted molar refractivity (Wildman–Crippen MR) is 209 cm³/mol. The van der Waals surface area contributed by atoms with Gasteiger partial charge in [-0.05, 0) is 83.4 Å². The maximum atomic E-state index is 14.4. The Morgan fingerprint density at radius 2 is 1.61 bits per heavy atom. The van der Waals surface area contributed by atoms with Crippen LogP contribution in [0.25, 0.3) is 10.8 Å². The summed E-state index contributed by atoms with van der Waals surface area (Å²) in [5.74, 6) is -0.633. The molecule has 1 aliphatic heterocycles. The standard InChI is InChI=1S/C41H57N5O7S/c1-40(2,3)45-38(50)33-22-27-15-10-11-16-28(27)24-46(33)25-35(48)32(21-26-13-8-7-9-14-26)43-39(51)37(41(4,5)54(6,52)53)44-36(49)23-31-29-17-12-18-34(47)30(29)19-20-42-31/h7-9,12-14,17-20,27-28,32-33,35,37,47-48H,10-11,15-16,21-25H2,1-6H3,(H,43,51)(H,44,49)(H,45,50)/t27-,28+,32-,33-,35+,37+/m0/s1. The number of aromatic nitrogens is 1. The van der Waals surface area contributed by atoms with E-state index in [2.05, 4.69) is 25.8 Å². The SMILES string of the molecule is CC(C)(C)NC(=O)[C@@H]1C[C@@H]2CCCC[C@@H]2CN1C[C@@H](O)[C@H](Cc1ccccc1)NC(=O)[C@@H](NC(=O)Cc1nccc2c(O)cccc12)C(C)(C)S(C)(=O)=O. The smallest absolute Gasteiger partial charge is 0.244 e. The molecule has 0 unspecified atom stereocenters. The van der Waals surface area contributed by atoms with Crippen molar-refractivity contribution in [3.8, 4) is 5.75 Å². The lowest BCUT2D eigenvalue weighted by Crippen LogP contribution is -2.64. The van der Waals surface area contributed by atoms with Gasteiger partial charge in [-0.15, -0.1) is 0 Å². The summed E-state index contributed by atoms with van der Waals surface area (Å²) < 4.78 is 24.6. The lowest BCUT2D eigenvalue weighted by atomic mass is 9.72. The number of carbonyl (C=O) groups is 3. The molecule has 0 radical (unpaired) electrons. The van der Waals surface area contributed by atoms with E-state index >= 15 is 0 Å². The van der Waals surface area contributed by atoms with Crippen LogP contribution in [0.1, 0.15) is 78.0 Å². The number of sulfone groups is 1. The number of likely N-dealkylation sites (tertiary alicyclic amines) is 1. The molecular weight excluding hydrogens is 707 g/mol. The molecule has 5 N–H and O–H groups in total. The van der Waals surface area contributed by atoms with Gasteiger partial charge in [0.25, 0.3) is 0 Å². The Labute approximate surface area is 319 Å². The minimum Gasteiger partial charge on any atom is -0.507 e. The molecule has 54 heavy (non-hydrogen) atoms. The number of pyridine rings is 1. The third-order valence-corrected chi connectivity index (χ3v) is 13.4. The van der Waals surface area contributed by atoms with Crippen LogP contribution in [0.2, 0.25) is 0 Å². The number of piperidine rings is 1. The predicted octanol–water partition coefficient (Wildman–Crippen LogP) is 3.67. The van der Waals surface area contributed by atoms with Gasteiger partial charge in [0.05, 0.1) is 35.0 Å². The molecule has 2 aliphatic rings. The van der Waals surface area contributed by atoms with Crippen molar-refractivity contribution in [3.05, 3.63) is 72.1 Å². The number of β-amino-alcohol motifs (C(OH)–C–C–N with tert-alkyl or cyclic N) is 1. The van der Waals surface area contributed by atoms with Gasteiger partial charge in [-0.3, -0.25) is 24.3 Å². The van der Waals surface area contributed by atoms with E-state index in [1.54, 1.807) is 18.2 Å². The molecule has 0 bridgehead atoms. The van der Waals surface area contributed by atoms with Gasteiger partial charge in [0.1, 0.15) is 11.8 Å². The largest absolute Gasteiger partial charge is 0.507 e. The van der Waals surface area contributed by atoms with Gasteiger partial charge in [0.15, 0.2) is 9.84 Å². The van der Waals surface area contributed by atoms with Crippen LogP contribution in [0.4, 0.5) is 0 Å². The summed E-state index contributed by atoms with van der Waals surface area (Å²) in [6, 6.07) is 13.0. The fraction of sp³-hybridized carbons (Fsp3) is 0.561. The minimum atomic E-state index is -3.93. The van der Waals surface area contributed by atoms with Gasteiger partial charge in [-0.25, -0.2) is 8.42 Å². The van der Waals surface area contributed by atoms with Crippen molar-refractivity contribution in [3.63, 3.8) is 0 Å². The Kier molecular flexibility index (Phi) is 12.7. The fourth-order valence-electron chi connectivity index (χ4n) is 7.94. The van der Waals surface area contributed by atoms with Gasteiger partial charge in [-0.2, -0.15) is 0 Å². The number of aliphatic hydroxyl groups excluding tert-OH is 1. The zero-order valence-corrected chi connectivity index (χ0v) is 33.2. The number of amides is 3. The molecular formula is C41H57N5O7S. The number of nitrogens with one attached hydrogen (secondary N) is 3. The highest BCUT2D eigenvalue weighted by atomic mass is 32.2. The van der Waals surface area contributed by atoms with Gasteiger partial charge < -0.3 is 26.2 Å². The average Bonchev–Trinajstić information content (AvgIpc) is 3.09. The number of hydrogen-bond acceptors (Lipinski definition) is 9. The number of nitrogens with zero attached hydrogens (tertiary/aromatic N) is 2. The topological polar surface area (TPSA) is 178 Å². The second kappa shape index (κ2) is 16.7. The number of carbonyl (C=O) groups excluding carboxylic acids is 3. The van der Waals surface area contributed by atoms with E-state index in [0.717, 1.165) is 37.5 Å². The molecule has 0 spiro atoms. The van der Waals surface area contributed by atoms with Crippen molar-refractivity contribution in [2.24, 2.45) is 11.8 Å². The number of hydrogen-bond donors (Lipinski definition) is 5. The summed E-state index contributed by atoms with van der Waals surface area (Å²) in [5.41, 5.74) is 0.746. The first-order valence-electron chi connectivity index (χ1n) is 19.0. The number of phenols is 1. The summed E-state index contributed by atoms with van der Waals surface area (Å²) in [6.45, 7) is 9.35. The monoisotopic (exact) mass is 763 g/mol. The van der Waals surface area contributed by atoms with Gasteiger partial charge in [0, 0.05) is 41.9 Å². The molecule has 2 aromatic carbocycles. The van der Waals surface area contributed by atoms with Crippen LogP contribution in [-0.4, -0.2) is 100 Å². The van der Waals surface area contributed by atoms with Gasteiger partial charge in [0.2, 0.25) is 17.7 Å². The highest BCUT2D eigenvalue weighted by molar-refractivity contribution is 7.92. The number of aliphatic hydroxyl groups is 1. The van der Waals surface area contributed by atoms with E-state index in [9.17, 15) is 33.0 Å². The summed E-state index contributed by atoms with van der Waals surface area (Å²) in [5, 5.41) is 32.2. The normalized spacial score (nSPS) is 21.4. The first kappa shape index (κ1) is 41.1. The summed E-state index contributed by atoms with van der Waals surface area (Å²) >= 11 is 0. The molecule has 3 amide bonds. The van der Waals surface area contributed by atoms with Crippen molar-refractivity contribution in [1.82, 2.24) is 25.8 Å². The Hall–Kier alpha value is -4.07. The van der Waals surface area contributed by atoms with Crippen LogP contribution in [0, 0.1) is 11.8 Å². The lowest BCUT2D eigenvalue weighted by molar-refractivity contribution is -0.133.